The lowest BCUT2D eigenvalue weighted by Gasteiger charge is -2.34. The Morgan fingerprint density at radius 1 is 1.53 bits per heavy atom. The fourth-order valence-electron chi connectivity index (χ4n) is 1.45. The van der Waals surface area contributed by atoms with E-state index in [2.05, 4.69) is 11.2 Å². The molecule has 84 valence electrons. The third kappa shape index (κ3) is 2.97. The van der Waals surface area contributed by atoms with Crippen molar-refractivity contribution in [3.63, 3.8) is 0 Å². The van der Waals surface area contributed by atoms with Gasteiger partial charge in [-0.1, -0.05) is 5.92 Å². The highest BCUT2D eigenvalue weighted by Crippen LogP contribution is 2.25. The van der Waals surface area contributed by atoms with Gasteiger partial charge < -0.3 is 10.1 Å². The summed E-state index contributed by atoms with van der Waals surface area (Å²) in [7, 11) is 0. The monoisotopic (exact) mass is 209 g/mol. The molecule has 1 unspecified atom stereocenters. The lowest BCUT2D eigenvalue weighted by molar-refractivity contribution is -0.165. The Labute approximate surface area is 91.6 Å². The molecule has 0 bridgehead atoms. The Balaban J connectivity index is 2.69. The van der Waals surface area contributed by atoms with Crippen LogP contribution >= 0.6 is 0 Å². The zero-order valence-electron chi connectivity index (χ0n) is 9.72. The van der Waals surface area contributed by atoms with Crippen molar-refractivity contribution in [2.24, 2.45) is 5.41 Å². The van der Waals surface area contributed by atoms with Gasteiger partial charge in [-0.25, -0.2) is 0 Å². The first kappa shape index (κ1) is 12.1. The second-order valence-electron chi connectivity index (χ2n) is 5.06. The summed E-state index contributed by atoms with van der Waals surface area (Å²) in [5.74, 6) is 2.38. The van der Waals surface area contributed by atoms with E-state index >= 15 is 0 Å². The quantitative estimate of drug-likeness (QED) is 0.523. The molecule has 1 heterocycles. The van der Waals surface area contributed by atoms with Gasteiger partial charge in [0.15, 0.2) is 5.60 Å². The summed E-state index contributed by atoms with van der Waals surface area (Å²) < 4.78 is 5.46. The molecule has 1 atom stereocenters. The highest BCUT2D eigenvalue weighted by Gasteiger charge is 2.37. The second-order valence-corrected chi connectivity index (χ2v) is 5.06. The average molecular weight is 209 g/mol. The van der Waals surface area contributed by atoms with E-state index in [0.717, 1.165) is 19.4 Å². The van der Waals surface area contributed by atoms with Crippen LogP contribution in [0.1, 0.15) is 33.6 Å². The molecule has 0 aromatic carbocycles. The Hall–Kier alpha value is -1.01. The van der Waals surface area contributed by atoms with Crippen LogP contribution in [0.2, 0.25) is 0 Å². The van der Waals surface area contributed by atoms with Crippen molar-refractivity contribution < 1.29 is 9.53 Å². The Kier molecular flexibility index (Phi) is 3.41. The molecule has 1 fully saturated rings. The first-order valence-corrected chi connectivity index (χ1v) is 5.32. The fourth-order valence-corrected chi connectivity index (χ4v) is 1.45. The standard InChI is InChI=1S/C12H19NO2/c1-5-12(7-6-8-13-9-12)15-10(14)11(2,3)4/h1,13H,6-9H2,2-4H3. The van der Waals surface area contributed by atoms with Gasteiger partial charge >= 0.3 is 5.97 Å². The van der Waals surface area contributed by atoms with Crippen LogP contribution in [-0.2, 0) is 9.53 Å². The van der Waals surface area contributed by atoms with Gasteiger partial charge in [0.05, 0.1) is 5.41 Å². The van der Waals surface area contributed by atoms with Gasteiger partial charge in [-0.3, -0.25) is 4.79 Å². The summed E-state index contributed by atoms with van der Waals surface area (Å²) in [6, 6.07) is 0. The molecule has 0 amide bonds. The van der Waals surface area contributed by atoms with Gasteiger partial charge in [0.25, 0.3) is 0 Å². The fraction of sp³-hybridized carbons (Fsp3) is 0.750. The predicted molar refractivity (Wildman–Crippen MR) is 59.2 cm³/mol. The minimum absolute atomic E-state index is 0.232. The van der Waals surface area contributed by atoms with E-state index in [0.29, 0.717) is 6.54 Å². The molecule has 0 aliphatic carbocycles. The van der Waals surface area contributed by atoms with Gasteiger partial charge in [-0.05, 0) is 33.7 Å². The Morgan fingerprint density at radius 3 is 2.60 bits per heavy atom. The van der Waals surface area contributed by atoms with Gasteiger partial charge in [-0.15, -0.1) is 6.42 Å². The first-order chi connectivity index (χ1) is 6.90. The van der Waals surface area contributed by atoms with Gasteiger partial charge in [0.1, 0.15) is 0 Å². The molecule has 0 radical (unpaired) electrons. The van der Waals surface area contributed by atoms with E-state index in [1.165, 1.54) is 0 Å². The van der Waals surface area contributed by atoms with Crippen molar-refractivity contribution in [2.45, 2.75) is 39.2 Å². The van der Waals surface area contributed by atoms with E-state index in [1.807, 2.05) is 20.8 Å². The first-order valence-electron chi connectivity index (χ1n) is 5.32. The van der Waals surface area contributed by atoms with Crippen LogP contribution in [0.25, 0.3) is 0 Å². The van der Waals surface area contributed by atoms with Crippen LogP contribution in [0.3, 0.4) is 0 Å². The van der Waals surface area contributed by atoms with Crippen LogP contribution in [0, 0.1) is 17.8 Å². The van der Waals surface area contributed by atoms with Crippen molar-refractivity contribution in [1.82, 2.24) is 5.32 Å². The van der Waals surface area contributed by atoms with E-state index in [-0.39, 0.29) is 5.97 Å². The number of esters is 1. The number of carbonyl (C=O) groups excluding carboxylic acids is 1. The van der Waals surface area contributed by atoms with Crippen molar-refractivity contribution in [3.8, 4) is 12.3 Å². The predicted octanol–water partition coefficient (Wildman–Crippen LogP) is 1.33. The van der Waals surface area contributed by atoms with Crippen molar-refractivity contribution in [2.75, 3.05) is 13.1 Å². The molecule has 0 spiro atoms. The highest BCUT2D eigenvalue weighted by atomic mass is 16.6. The smallest absolute Gasteiger partial charge is 0.312 e. The average Bonchev–Trinajstić information content (AvgIpc) is 2.18. The number of rotatable bonds is 1. The second kappa shape index (κ2) is 4.24. The lowest BCUT2D eigenvalue weighted by Crippen LogP contribution is -2.49. The molecule has 1 N–H and O–H groups in total. The largest absolute Gasteiger partial charge is 0.444 e. The zero-order valence-corrected chi connectivity index (χ0v) is 9.72. The molecule has 1 aliphatic heterocycles. The topological polar surface area (TPSA) is 38.3 Å². The number of terminal acetylenes is 1. The molecule has 1 aliphatic rings. The van der Waals surface area contributed by atoms with Crippen LogP contribution in [0.15, 0.2) is 0 Å². The van der Waals surface area contributed by atoms with Crippen LogP contribution in [0.5, 0.6) is 0 Å². The van der Waals surface area contributed by atoms with Gasteiger partial charge in [0.2, 0.25) is 0 Å². The minimum atomic E-state index is -0.734. The van der Waals surface area contributed by atoms with Crippen LogP contribution < -0.4 is 5.32 Å². The summed E-state index contributed by atoms with van der Waals surface area (Å²) in [6.07, 6.45) is 7.16. The minimum Gasteiger partial charge on any atom is -0.444 e. The lowest BCUT2D eigenvalue weighted by atomic mass is 9.92. The number of hydrogen-bond acceptors (Lipinski definition) is 3. The SMILES string of the molecule is C#CC1(OC(=O)C(C)(C)C)CCCNC1. The van der Waals surface area contributed by atoms with E-state index in [1.54, 1.807) is 0 Å². The number of ether oxygens (including phenoxy) is 1. The van der Waals surface area contributed by atoms with Crippen molar-refractivity contribution in [3.05, 3.63) is 0 Å². The normalized spacial score (nSPS) is 26.8. The van der Waals surface area contributed by atoms with Crippen LogP contribution in [-0.4, -0.2) is 24.7 Å². The third-order valence-electron chi connectivity index (χ3n) is 2.51. The number of hydrogen-bond donors (Lipinski definition) is 1. The summed E-state index contributed by atoms with van der Waals surface area (Å²) in [5.41, 5.74) is -1.23. The third-order valence-corrected chi connectivity index (χ3v) is 2.51. The van der Waals surface area contributed by atoms with Crippen molar-refractivity contribution in [1.29, 1.82) is 0 Å². The number of nitrogens with one attached hydrogen (secondary N) is 1. The van der Waals surface area contributed by atoms with Gasteiger partial charge in [0, 0.05) is 13.0 Å². The maximum atomic E-state index is 11.8. The number of piperidine rings is 1. The zero-order chi connectivity index (χ0) is 11.5. The summed E-state index contributed by atoms with van der Waals surface area (Å²) in [5, 5.41) is 3.16. The Morgan fingerprint density at radius 2 is 2.20 bits per heavy atom. The molecular weight excluding hydrogens is 190 g/mol. The highest BCUT2D eigenvalue weighted by molar-refractivity contribution is 5.76. The molecule has 3 nitrogen and oxygen atoms in total. The molecule has 3 heteroatoms. The summed E-state index contributed by atoms with van der Waals surface area (Å²) in [6.45, 7) is 6.99. The maximum Gasteiger partial charge on any atom is 0.312 e. The molecule has 0 saturated carbocycles. The molecular formula is C12H19NO2. The number of carbonyl (C=O) groups is 1. The van der Waals surface area contributed by atoms with Crippen molar-refractivity contribution >= 4 is 5.97 Å². The molecule has 1 saturated heterocycles. The maximum absolute atomic E-state index is 11.8. The van der Waals surface area contributed by atoms with Crippen LogP contribution in [0.4, 0.5) is 0 Å². The summed E-state index contributed by atoms with van der Waals surface area (Å²) >= 11 is 0. The van der Waals surface area contributed by atoms with E-state index in [9.17, 15) is 4.79 Å². The molecule has 15 heavy (non-hydrogen) atoms. The van der Waals surface area contributed by atoms with E-state index in [4.69, 9.17) is 11.2 Å². The molecule has 0 aromatic rings. The van der Waals surface area contributed by atoms with E-state index < -0.39 is 11.0 Å². The molecule has 1 rings (SSSR count). The Bertz CT molecular complexity index is 277. The van der Waals surface area contributed by atoms with Gasteiger partial charge in [-0.2, -0.15) is 0 Å². The summed E-state index contributed by atoms with van der Waals surface area (Å²) in [4.78, 5) is 11.8. The molecule has 0 aromatic heterocycles.